The fraction of sp³-hybridized carbons (Fsp3) is 0.462. The maximum Gasteiger partial charge on any atom is 0.307 e. The van der Waals surface area contributed by atoms with Gasteiger partial charge in [-0.3, -0.25) is 4.79 Å². The van der Waals surface area contributed by atoms with Crippen molar-refractivity contribution in [3.63, 3.8) is 0 Å². The van der Waals surface area contributed by atoms with E-state index in [-0.39, 0.29) is 13.0 Å². The molecule has 0 saturated heterocycles. The van der Waals surface area contributed by atoms with Gasteiger partial charge >= 0.3 is 5.97 Å². The first-order valence-electron chi connectivity index (χ1n) is 6.18. The lowest BCUT2D eigenvalue weighted by Gasteiger charge is -2.19. The molecule has 0 atom stereocenters. The molecule has 0 spiro atoms. The lowest BCUT2D eigenvalue weighted by molar-refractivity contribution is -0.154. The Hall–Kier alpha value is -1.54. The third kappa shape index (κ3) is 5.39. The van der Waals surface area contributed by atoms with Crippen LogP contribution in [0.1, 0.15) is 27.2 Å². The fourth-order valence-electron chi connectivity index (χ4n) is 1.49. The van der Waals surface area contributed by atoms with Crippen molar-refractivity contribution in [3.8, 4) is 0 Å². The number of hydrogen-bond donors (Lipinski definition) is 1. The molecule has 0 fully saturated rings. The van der Waals surface area contributed by atoms with Crippen molar-refractivity contribution in [2.24, 2.45) is 0 Å². The second-order valence-electron chi connectivity index (χ2n) is 5.29. The Morgan fingerprint density at radius 3 is 2.24 bits per heavy atom. The first kappa shape index (κ1) is 17.5. The molecule has 0 heterocycles. The minimum atomic E-state index is -4.37. The average molecular weight is 321 g/mol. The van der Waals surface area contributed by atoms with Gasteiger partial charge in [-0.15, -0.1) is 0 Å². The molecule has 0 aromatic heterocycles. The molecule has 0 saturated carbocycles. The number of sulfonamides is 1. The van der Waals surface area contributed by atoms with Gasteiger partial charge in [-0.1, -0.05) is 6.07 Å². The zero-order chi connectivity index (χ0) is 16.3. The van der Waals surface area contributed by atoms with E-state index < -0.39 is 38.1 Å². The van der Waals surface area contributed by atoms with E-state index in [2.05, 4.69) is 0 Å². The van der Waals surface area contributed by atoms with Crippen LogP contribution >= 0.6 is 0 Å². The lowest BCUT2D eigenvalue weighted by Crippen LogP contribution is -2.30. The van der Waals surface area contributed by atoms with Gasteiger partial charge in [-0.05, 0) is 32.9 Å². The molecule has 21 heavy (non-hydrogen) atoms. The number of rotatable bonds is 5. The van der Waals surface area contributed by atoms with E-state index >= 15 is 0 Å². The molecule has 0 radical (unpaired) electrons. The van der Waals surface area contributed by atoms with Gasteiger partial charge in [0.1, 0.15) is 17.2 Å². The summed E-state index contributed by atoms with van der Waals surface area (Å²) < 4.78 is 57.4. The Labute approximate surface area is 122 Å². The number of carbonyl (C=O) groups is 1. The maximum absolute atomic E-state index is 13.4. The molecule has 118 valence electrons. The molecule has 0 bridgehead atoms. The van der Waals surface area contributed by atoms with E-state index in [0.29, 0.717) is 0 Å². The van der Waals surface area contributed by atoms with E-state index in [1.807, 2.05) is 4.72 Å². The molecular formula is C13H17F2NO4S. The standard InChI is InChI=1S/C13H17F2NO4S/c1-13(2,3)20-11(17)7-8-16-21(18,19)12-9(14)5-4-6-10(12)15/h4-6,16H,7-8H2,1-3H3. The first-order valence-corrected chi connectivity index (χ1v) is 7.67. The Morgan fingerprint density at radius 2 is 1.76 bits per heavy atom. The Kier molecular flexibility index (Phi) is 5.41. The number of esters is 1. The minimum Gasteiger partial charge on any atom is -0.460 e. The van der Waals surface area contributed by atoms with Crippen molar-refractivity contribution in [3.05, 3.63) is 29.8 Å². The van der Waals surface area contributed by atoms with Gasteiger partial charge in [0.2, 0.25) is 10.0 Å². The van der Waals surface area contributed by atoms with Crippen LogP contribution in [0.3, 0.4) is 0 Å². The van der Waals surface area contributed by atoms with Crippen LogP contribution in [0.25, 0.3) is 0 Å². The summed E-state index contributed by atoms with van der Waals surface area (Å²) in [6, 6.07) is 2.74. The predicted molar refractivity (Wildman–Crippen MR) is 72.0 cm³/mol. The first-order chi connectivity index (χ1) is 9.53. The van der Waals surface area contributed by atoms with Gasteiger partial charge in [0.15, 0.2) is 4.90 Å². The summed E-state index contributed by atoms with van der Waals surface area (Å²) in [5, 5.41) is 0. The number of nitrogens with one attached hydrogen (secondary N) is 1. The van der Waals surface area contributed by atoms with Crippen LogP contribution in [0.5, 0.6) is 0 Å². The summed E-state index contributed by atoms with van der Waals surface area (Å²) in [5.41, 5.74) is -0.687. The van der Waals surface area contributed by atoms with E-state index in [1.165, 1.54) is 0 Å². The van der Waals surface area contributed by atoms with Crippen LogP contribution in [0.2, 0.25) is 0 Å². The van der Waals surface area contributed by atoms with Gasteiger partial charge in [-0.25, -0.2) is 21.9 Å². The SMILES string of the molecule is CC(C)(C)OC(=O)CCNS(=O)(=O)c1c(F)cccc1F. The van der Waals surface area contributed by atoms with Crippen molar-refractivity contribution >= 4 is 16.0 Å². The van der Waals surface area contributed by atoms with Crippen molar-refractivity contribution < 1.29 is 26.7 Å². The van der Waals surface area contributed by atoms with Gasteiger partial charge < -0.3 is 4.74 Å². The van der Waals surface area contributed by atoms with E-state index in [9.17, 15) is 22.0 Å². The monoisotopic (exact) mass is 321 g/mol. The van der Waals surface area contributed by atoms with Crippen molar-refractivity contribution in [1.29, 1.82) is 0 Å². The van der Waals surface area contributed by atoms with Gasteiger partial charge in [0.25, 0.3) is 0 Å². The molecule has 0 amide bonds. The van der Waals surface area contributed by atoms with Gasteiger partial charge in [0.05, 0.1) is 6.42 Å². The highest BCUT2D eigenvalue weighted by Gasteiger charge is 2.24. The fourth-order valence-corrected chi connectivity index (χ4v) is 2.66. The molecule has 1 aromatic carbocycles. The van der Waals surface area contributed by atoms with Crippen molar-refractivity contribution in [2.45, 2.75) is 37.7 Å². The topological polar surface area (TPSA) is 72.5 Å². The zero-order valence-electron chi connectivity index (χ0n) is 11.9. The quantitative estimate of drug-likeness (QED) is 0.842. The predicted octanol–water partition coefficient (Wildman–Crippen LogP) is 1.97. The van der Waals surface area contributed by atoms with Crippen LogP contribution in [0.4, 0.5) is 8.78 Å². The molecule has 0 aliphatic heterocycles. The second kappa shape index (κ2) is 6.48. The third-order valence-electron chi connectivity index (χ3n) is 2.23. The molecule has 1 N–H and O–H groups in total. The van der Waals surface area contributed by atoms with Crippen molar-refractivity contribution in [1.82, 2.24) is 4.72 Å². The number of halogens is 2. The van der Waals surface area contributed by atoms with E-state index in [4.69, 9.17) is 4.74 Å². The van der Waals surface area contributed by atoms with Crippen LogP contribution < -0.4 is 4.72 Å². The van der Waals surface area contributed by atoms with Gasteiger partial charge in [-0.2, -0.15) is 0 Å². The molecule has 0 unspecified atom stereocenters. The Balaban J connectivity index is 2.69. The van der Waals surface area contributed by atoms with E-state index in [0.717, 1.165) is 18.2 Å². The highest BCUT2D eigenvalue weighted by molar-refractivity contribution is 7.89. The van der Waals surface area contributed by atoms with Crippen LogP contribution in [-0.2, 0) is 19.6 Å². The second-order valence-corrected chi connectivity index (χ2v) is 6.99. The summed E-state index contributed by atoms with van der Waals surface area (Å²) in [6.07, 6.45) is -0.243. The maximum atomic E-state index is 13.4. The summed E-state index contributed by atoms with van der Waals surface area (Å²) in [4.78, 5) is 10.3. The highest BCUT2D eigenvalue weighted by atomic mass is 32.2. The summed E-state index contributed by atoms with van der Waals surface area (Å²) in [6.45, 7) is 4.70. The molecule has 5 nitrogen and oxygen atoms in total. The minimum absolute atomic E-state index is 0.243. The zero-order valence-corrected chi connectivity index (χ0v) is 12.8. The van der Waals surface area contributed by atoms with Crippen LogP contribution in [-0.4, -0.2) is 26.5 Å². The molecule has 1 aromatic rings. The summed E-state index contributed by atoms with van der Waals surface area (Å²) in [5.74, 6) is -3.00. The molecule has 1 rings (SSSR count). The Morgan fingerprint density at radius 1 is 1.24 bits per heavy atom. The highest BCUT2D eigenvalue weighted by Crippen LogP contribution is 2.17. The number of carbonyl (C=O) groups excluding carboxylic acids is 1. The Bertz CT molecular complexity index is 603. The van der Waals surface area contributed by atoms with Crippen molar-refractivity contribution in [2.75, 3.05) is 6.54 Å². The van der Waals surface area contributed by atoms with Crippen LogP contribution in [0.15, 0.2) is 23.1 Å². The largest absolute Gasteiger partial charge is 0.460 e. The molecular weight excluding hydrogens is 304 g/mol. The number of ether oxygens (including phenoxy) is 1. The normalized spacial score (nSPS) is 12.2. The van der Waals surface area contributed by atoms with Gasteiger partial charge in [0, 0.05) is 6.54 Å². The lowest BCUT2D eigenvalue weighted by atomic mass is 10.2. The van der Waals surface area contributed by atoms with Crippen LogP contribution in [0, 0.1) is 11.6 Å². The summed E-state index contributed by atoms with van der Waals surface area (Å²) in [7, 11) is -4.37. The van der Waals surface area contributed by atoms with E-state index in [1.54, 1.807) is 20.8 Å². The third-order valence-corrected chi connectivity index (χ3v) is 3.74. The molecule has 8 heteroatoms. The number of benzene rings is 1. The molecule has 0 aliphatic carbocycles. The number of hydrogen-bond acceptors (Lipinski definition) is 4. The molecule has 0 aliphatic rings. The summed E-state index contributed by atoms with van der Waals surface area (Å²) >= 11 is 0. The smallest absolute Gasteiger partial charge is 0.307 e. The average Bonchev–Trinajstić information content (AvgIpc) is 2.25.